The lowest BCUT2D eigenvalue weighted by Crippen LogP contribution is -2.05. The van der Waals surface area contributed by atoms with Gasteiger partial charge in [0.2, 0.25) is 0 Å². The summed E-state index contributed by atoms with van der Waals surface area (Å²) in [6.45, 7) is 2.73. The number of hydrogen-bond acceptors (Lipinski definition) is 4. The predicted molar refractivity (Wildman–Crippen MR) is 58.7 cm³/mol. The van der Waals surface area contributed by atoms with Gasteiger partial charge in [-0.05, 0) is 26.3 Å². The first kappa shape index (κ1) is 12.2. The summed E-state index contributed by atoms with van der Waals surface area (Å²) in [5, 5.41) is 0. The fraction of sp³-hybridized carbons (Fsp3) is 0.727. The molecule has 2 N–H and O–H groups in total. The number of hydrogen-bond donors (Lipinski definition) is 1. The molecule has 15 heavy (non-hydrogen) atoms. The second-order valence-electron chi connectivity index (χ2n) is 3.70. The van der Waals surface area contributed by atoms with Gasteiger partial charge in [-0.2, -0.15) is 0 Å². The Morgan fingerprint density at radius 2 is 2.33 bits per heavy atom. The third-order valence-corrected chi connectivity index (χ3v) is 2.40. The van der Waals surface area contributed by atoms with Crippen LogP contribution in [0.4, 0.5) is 0 Å². The van der Waals surface area contributed by atoms with E-state index < -0.39 is 0 Å². The SMILES string of the molecule is COC(C)CCc1cnc(CCCN)o1. The quantitative estimate of drug-likeness (QED) is 0.744. The maximum atomic E-state index is 5.56. The minimum Gasteiger partial charge on any atom is -0.446 e. The molecule has 0 aliphatic rings. The van der Waals surface area contributed by atoms with Crippen LogP contribution in [0.2, 0.25) is 0 Å². The van der Waals surface area contributed by atoms with E-state index in [4.69, 9.17) is 14.9 Å². The molecule has 0 aliphatic heterocycles. The zero-order valence-corrected chi connectivity index (χ0v) is 9.53. The van der Waals surface area contributed by atoms with Crippen molar-refractivity contribution in [3.8, 4) is 0 Å². The van der Waals surface area contributed by atoms with Crippen molar-refractivity contribution in [2.75, 3.05) is 13.7 Å². The van der Waals surface area contributed by atoms with E-state index in [9.17, 15) is 0 Å². The highest BCUT2D eigenvalue weighted by atomic mass is 16.5. The maximum Gasteiger partial charge on any atom is 0.194 e. The van der Waals surface area contributed by atoms with Crippen LogP contribution in [-0.4, -0.2) is 24.7 Å². The summed E-state index contributed by atoms with van der Waals surface area (Å²) in [4.78, 5) is 4.19. The fourth-order valence-corrected chi connectivity index (χ4v) is 1.30. The summed E-state index contributed by atoms with van der Waals surface area (Å²) in [6.07, 6.45) is 5.66. The number of rotatable bonds is 7. The molecule has 0 aliphatic carbocycles. The van der Waals surface area contributed by atoms with Crippen LogP contribution < -0.4 is 5.73 Å². The second-order valence-corrected chi connectivity index (χ2v) is 3.70. The standard InChI is InChI=1S/C11H20N2O2/c1-9(14-2)5-6-10-8-13-11(15-10)4-3-7-12/h8-9H,3-7,12H2,1-2H3. The molecule has 0 saturated heterocycles. The van der Waals surface area contributed by atoms with E-state index in [1.165, 1.54) is 0 Å². The third kappa shape index (κ3) is 4.44. The monoisotopic (exact) mass is 212 g/mol. The summed E-state index contributed by atoms with van der Waals surface area (Å²) in [7, 11) is 1.72. The van der Waals surface area contributed by atoms with Gasteiger partial charge in [-0.15, -0.1) is 0 Å². The molecule has 0 spiro atoms. The van der Waals surface area contributed by atoms with Crippen molar-refractivity contribution in [1.29, 1.82) is 0 Å². The van der Waals surface area contributed by atoms with Gasteiger partial charge in [-0.25, -0.2) is 4.98 Å². The van der Waals surface area contributed by atoms with Gasteiger partial charge in [0.15, 0.2) is 5.89 Å². The Hall–Kier alpha value is -0.870. The zero-order chi connectivity index (χ0) is 11.1. The van der Waals surface area contributed by atoms with Gasteiger partial charge in [0.1, 0.15) is 5.76 Å². The number of nitrogens with zero attached hydrogens (tertiary/aromatic N) is 1. The first-order chi connectivity index (χ1) is 7.26. The van der Waals surface area contributed by atoms with Crippen molar-refractivity contribution in [2.45, 2.75) is 38.7 Å². The smallest absolute Gasteiger partial charge is 0.194 e. The average molecular weight is 212 g/mol. The van der Waals surface area contributed by atoms with Crippen LogP contribution in [0.25, 0.3) is 0 Å². The van der Waals surface area contributed by atoms with Crippen molar-refractivity contribution in [1.82, 2.24) is 4.98 Å². The molecule has 1 heterocycles. The highest BCUT2D eigenvalue weighted by molar-refractivity contribution is 4.94. The summed E-state index contributed by atoms with van der Waals surface area (Å²) in [5.74, 6) is 1.73. The van der Waals surface area contributed by atoms with Gasteiger partial charge in [0, 0.05) is 20.0 Å². The van der Waals surface area contributed by atoms with Crippen molar-refractivity contribution in [2.24, 2.45) is 5.73 Å². The Balaban J connectivity index is 2.32. The molecule has 0 amide bonds. The average Bonchev–Trinajstić information content (AvgIpc) is 2.71. The van der Waals surface area contributed by atoms with E-state index in [1.807, 2.05) is 6.92 Å². The summed E-state index contributed by atoms with van der Waals surface area (Å²) in [5.41, 5.74) is 5.41. The molecule has 1 rings (SSSR count). The van der Waals surface area contributed by atoms with E-state index in [-0.39, 0.29) is 6.10 Å². The number of aryl methyl sites for hydroxylation is 2. The number of nitrogens with two attached hydrogens (primary N) is 1. The van der Waals surface area contributed by atoms with Gasteiger partial charge < -0.3 is 14.9 Å². The third-order valence-electron chi connectivity index (χ3n) is 2.40. The molecule has 0 radical (unpaired) electrons. The maximum absolute atomic E-state index is 5.56. The second kappa shape index (κ2) is 6.58. The lowest BCUT2D eigenvalue weighted by molar-refractivity contribution is 0.110. The van der Waals surface area contributed by atoms with Crippen LogP contribution in [-0.2, 0) is 17.6 Å². The molecule has 4 nitrogen and oxygen atoms in total. The van der Waals surface area contributed by atoms with Crippen LogP contribution >= 0.6 is 0 Å². The van der Waals surface area contributed by atoms with Crippen molar-refractivity contribution >= 4 is 0 Å². The Labute approximate surface area is 90.8 Å². The van der Waals surface area contributed by atoms with Crippen LogP contribution in [0.1, 0.15) is 31.4 Å². The van der Waals surface area contributed by atoms with Gasteiger partial charge in [0.05, 0.1) is 12.3 Å². The molecular weight excluding hydrogens is 192 g/mol. The summed E-state index contributed by atoms with van der Waals surface area (Å²) < 4.78 is 10.7. The highest BCUT2D eigenvalue weighted by Crippen LogP contribution is 2.10. The van der Waals surface area contributed by atoms with Gasteiger partial charge in [-0.1, -0.05) is 0 Å². The molecule has 0 saturated carbocycles. The van der Waals surface area contributed by atoms with E-state index in [0.29, 0.717) is 6.54 Å². The van der Waals surface area contributed by atoms with Crippen molar-refractivity contribution < 1.29 is 9.15 Å². The van der Waals surface area contributed by atoms with Crippen LogP contribution in [0.3, 0.4) is 0 Å². The van der Waals surface area contributed by atoms with E-state index in [2.05, 4.69) is 4.98 Å². The first-order valence-corrected chi connectivity index (χ1v) is 5.42. The minimum atomic E-state index is 0.266. The van der Waals surface area contributed by atoms with E-state index in [1.54, 1.807) is 13.3 Å². The molecule has 4 heteroatoms. The molecular formula is C11H20N2O2. The lowest BCUT2D eigenvalue weighted by atomic mass is 10.2. The zero-order valence-electron chi connectivity index (χ0n) is 9.53. The first-order valence-electron chi connectivity index (χ1n) is 5.42. The van der Waals surface area contributed by atoms with Crippen LogP contribution in [0.15, 0.2) is 10.6 Å². The van der Waals surface area contributed by atoms with Gasteiger partial charge in [0.25, 0.3) is 0 Å². The Bertz CT molecular complexity index is 273. The Kier molecular flexibility index (Phi) is 5.36. The molecule has 0 fully saturated rings. The lowest BCUT2D eigenvalue weighted by Gasteiger charge is -2.06. The van der Waals surface area contributed by atoms with Crippen LogP contribution in [0, 0.1) is 0 Å². The molecule has 1 aromatic rings. The summed E-state index contributed by atoms with van der Waals surface area (Å²) >= 11 is 0. The van der Waals surface area contributed by atoms with E-state index in [0.717, 1.165) is 37.3 Å². The molecule has 86 valence electrons. The van der Waals surface area contributed by atoms with Crippen molar-refractivity contribution in [3.05, 3.63) is 17.8 Å². The van der Waals surface area contributed by atoms with Crippen LogP contribution in [0.5, 0.6) is 0 Å². The molecule has 0 aromatic carbocycles. The van der Waals surface area contributed by atoms with Gasteiger partial charge in [-0.3, -0.25) is 0 Å². The molecule has 1 unspecified atom stereocenters. The molecule has 1 aromatic heterocycles. The number of ether oxygens (including phenoxy) is 1. The Morgan fingerprint density at radius 1 is 1.53 bits per heavy atom. The molecule has 0 bridgehead atoms. The largest absolute Gasteiger partial charge is 0.446 e. The van der Waals surface area contributed by atoms with E-state index >= 15 is 0 Å². The number of aromatic nitrogens is 1. The van der Waals surface area contributed by atoms with Crippen molar-refractivity contribution in [3.63, 3.8) is 0 Å². The predicted octanol–water partition coefficient (Wildman–Crippen LogP) is 1.53. The topological polar surface area (TPSA) is 61.3 Å². The molecule has 1 atom stereocenters. The van der Waals surface area contributed by atoms with Gasteiger partial charge >= 0.3 is 0 Å². The fourth-order valence-electron chi connectivity index (χ4n) is 1.30. The number of oxazole rings is 1. The Morgan fingerprint density at radius 3 is 3.00 bits per heavy atom. The highest BCUT2D eigenvalue weighted by Gasteiger charge is 2.06. The number of methoxy groups -OCH3 is 1. The normalized spacial score (nSPS) is 13.0. The summed E-state index contributed by atoms with van der Waals surface area (Å²) in [6, 6.07) is 0. The minimum absolute atomic E-state index is 0.266.